The van der Waals surface area contributed by atoms with Gasteiger partial charge in [0, 0.05) is 0 Å². The number of ether oxygens (including phenoxy) is 1. The van der Waals surface area contributed by atoms with Gasteiger partial charge in [-0.25, -0.2) is 13.9 Å². The van der Waals surface area contributed by atoms with E-state index in [1.54, 1.807) is 4.72 Å². The van der Waals surface area contributed by atoms with E-state index in [4.69, 9.17) is 5.73 Å². The van der Waals surface area contributed by atoms with Crippen LogP contribution in [0.1, 0.15) is 12.5 Å². The molecule has 0 atom stereocenters. The third-order valence-corrected chi connectivity index (χ3v) is 2.98. The van der Waals surface area contributed by atoms with Gasteiger partial charge in [-0.1, -0.05) is 11.8 Å². The number of anilines is 1. The van der Waals surface area contributed by atoms with Crippen molar-refractivity contribution >= 4 is 22.0 Å². The Balaban J connectivity index is 2.90. The molecular formula is C12H14FN3O4S. The van der Waals surface area contributed by atoms with Gasteiger partial charge in [-0.3, -0.25) is 4.72 Å². The maximum atomic E-state index is 13.4. The number of rotatable bonds is 4. The van der Waals surface area contributed by atoms with Crippen molar-refractivity contribution in [1.29, 1.82) is 0 Å². The molecule has 0 aliphatic carbocycles. The molecule has 0 unspecified atom stereocenters. The lowest BCUT2D eigenvalue weighted by Gasteiger charge is -2.09. The van der Waals surface area contributed by atoms with Gasteiger partial charge in [-0.05, 0) is 25.1 Å². The molecule has 0 fully saturated rings. The molecule has 0 aliphatic rings. The van der Waals surface area contributed by atoms with Crippen molar-refractivity contribution in [3.05, 3.63) is 29.6 Å². The van der Waals surface area contributed by atoms with E-state index in [0.29, 0.717) is 0 Å². The van der Waals surface area contributed by atoms with Crippen LogP contribution in [0.4, 0.5) is 14.9 Å². The third kappa shape index (κ3) is 5.68. The van der Waals surface area contributed by atoms with Crippen LogP contribution in [0.2, 0.25) is 0 Å². The predicted octanol–water partition coefficient (Wildman–Crippen LogP) is 0.539. The highest BCUT2D eigenvalue weighted by atomic mass is 32.2. The summed E-state index contributed by atoms with van der Waals surface area (Å²) in [6.45, 7) is 1.60. The number of carbonyl (C=O) groups excluding carboxylic acids is 1. The molecule has 0 aromatic heterocycles. The molecule has 114 valence electrons. The fraction of sp³-hybridized carbons (Fsp3) is 0.250. The lowest BCUT2D eigenvalue weighted by molar-refractivity contribution is 0.159. The molecule has 1 rings (SSSR count). The number of benzene rings is 1. The molecule has 7 nitrogen and oxygen atoms in total. The molecule has 0 bridgehead atoms. The minimum absolute atomic E-state index is 0.0169. The fourth-order valence-electron chi connectivity index (χ4n) is 1.28. The van der Waals surface area contributed by atoms with Crippen LogP contribution in [-0.4, -0.2) is 27.7 Å². The molecule has 4 N–H and O–H groups in total. The summed E-state index contributed by atoms with van der Waals surface area (Å²) in [6.07, 6.45) is -1.12. The predicted molar refractivity (Wildman–Crippen MR) is 75.0 cm³/mol. The molecular weight excluding hydrogens is 301 g/mol. The first kappa shape index (κ1) is 16.7. The average Bonchev–Trinajstić information content (AvgIpc) is 2.38. The van der Waals surface area contributed by atoms with Crippen LogP contribution in [0.3, 0.4) is 0 Å². The van der Waals surface area contributed by atoms with Crippen molar-refractivity contribution in [1.82, 2.24) is 4.72 Å². The van der Waals surface area contributed by atoms with E-state index in [1.807, 2.05) is 4.72 Å². The number of amides is 1. The SMILES string of the molecule is CCOC(=O)NS(=O)(=O)Nc1ccc(F)c(C#CCN)c1. The van der Waals surface area contributed by atoms with Gasteiger partial charge in [-0.2, -0.15) is 8.42 Å². The number of hydrogen-bond acceptors (Lipinski definition) is 5. The highest BCUT2D eigenvalue weighted by Crippen LogP contribution is 2.14. The van der Waals surface area contributed by atoms with E-state index >= 15 is 0 Å². The lowest BCUT2D eigenvalue weighted by Crippen LogP contribution is -2.35. The van der Waals surface area contributed by atoms with Gasteiger partial charge in [0.2, 0.25) is 0 Å². The smallest absolute Gasteiger partial charge is 0.422 e. The molecule has 0 aliphatic heterocycles. The maximum Gasteiger partial charge on any atom is 0.422 e. The van der Waals surface area contributed by atoms with Gasteiger partial charge >= 0.3 is 16.3 Å². The van der Waals surface area contributed by atoms with Crippen molar-refractivity contribution in [2.24, 2.45) is 5.73 Å². The minimum atomic E-state index is -4.18. The summed E-state index contributed by atoms with van der Waals surface area (Å²) in [5, 5.41) is 0. The Bertz CT molecular complexity index is 679. The van der Waals surface area contributed by atoms with Gasteiger partial charge in [0.25, 0.3) is 0 Å². The summed E-state index contributed by atoms with van der Waals surface area (Å²) in [5.41, 5.74) is 5.20. The highest BCUT2D eigenvalue weighted by molar-refractivity contribution is 7.91. The summed E-state index contributed by atoms with van der Waals surface area (Å²) in [4.78, 5) is 11.1. The molecule has 1 amide bonds. The van der Waals surface area contributed by atoms with E-state index < -0.39 is 22.1 Å². The number of hydrogen-bond donors (Lipinski definition) is 3. The van der Waals surface area contributed by atoms with Crippen molar-refractivity contribution < 1.29 is 22.3 Å². The highest BCUT2D eigenvalue weighted by Gasteiger charge is 2.15. The largest absolute Gasteiger partial charge is 0.449 e. The van der Waals surface area contributed by atoms with Crippen LogP contribution in [0.15, 0.2) is 18.2 Å². The van der Waals surface area contributed by atoms with E-state index in [1.165, 1.54) is 19.1 Å². The Hall–Kier alpha value is -2.31. The van der Waals surface area contributed by atoms with Gasteiger partial charge in [0.05, 0.1) is 24.4 Å². The fourth-order valence-corrected chi connectivity index (χ4v) is 2.05. The first-order valence-corrected chi connectivity index (χ1v) is 7.32. The van der Waals surface area contributed by atoms with Crippen LogP contribution in [-0.2, 0) is 14.9 Å². The Morgan fingerprint density at radius 3 is 2.81 bits per heavy atom. The van der Waals surface area contributed by atoms with E-state index in [0.717, 1.165) is 6.07 Å². The normalized spacial score (nSPS) is 10.2. The van der Waals surface area contributed by atoms with Crippen molar-refractivity contribution in [2.75, 3.05) is 17.9 Å². The van der Waals surface area contributed by atoms with Crippen molar-refractivity contribution in [3.63, 3.8) is 0 Å². The molecule has 0 saturated carbocycles. The molecule has 1 aromatic carbocycles. The first-order valence-electron chi connectivity index (χ1n) is 5.83. The number of nitrogens with one attached hydrogen (secondary N) is 2. The standard InChI is InChI=1S/C12H14FN3O4S/c1-2-20-12(17)16-21(18,19)15-10-5-6-11(13)9(8-10)4-3-7-14/h5-6,8,15H,2,7,14H2,1H3,(H,16,17). The Morgan fingerprint density at radius 1 is 1.48 bits per heavy atom. The van der Waals surface area contributed by atoms with Gasteiger partial charge in [-0.15, -0.1) is 0 Å². The summed E-state index contributed by atoms with van der Waals surface area (Å²) in [6, 6.07) is 3.42. The zero-order chi connectivity index (χ0) is 15.9. The van der Waals surface area contributed by atoms with Gasteiger partial charge < -0.3 is 10.5 Å². The van der Waals surface area contributed by atoms with Crippen LogP contribution in [0.25, 0.3) is 0 Å². The van der Waals surface area contributed by atoms with Crippen molar-refractivity contribution in [2.45, 2.75) is 6.92 Å². The van der Waals surface area contributed by atoms with Crippen LogP contribution in [0, 0.1) is 17.7 Å². The zero-order valence-corrected chi connectivity index (χ0v) is 12.0. The van der Waals surface area contributed by atoms with E-state index in [9.17, 15) is 17.6 Å². The number of nitrogens with two attached hydrogens (primary N) is 1. The first-order chi connectivity index (χ1) is 9.88. The average molecular weight is 315 g/mol. The lowest BCUT2D eigenvalue weighted by atomic mass is 10.2. The van der Waals surface area contributed by atoms with Crippen LogP contribution in [0.5, 0.6) is 0 Å². The molecule has 0 radical (unpaired) electrons. The second-order valence-electron chi connectivity index (χ2n) is 3.63. The Labute approximate surface area is 121 Å². The molecule has 0 heterocycles. The monoisotopic (exact) mass is 315 g/mol. The van der Waals surface area contributed by atoms with Gasteiger partial charge in [0.1, 0.15) is 5.82 Å². The zero-order valence-electron chi connectivity index (χ0n) is 11.1. The van der Waals surface area contributed by atoms with Gasteiger partial charge in [0.15, 0.2) is 0 Å². The summed E-state index contributed by atoms with van der Waals surface area (Å²) in [7, 11) is -4.18. The van der Waals surface area contributed by atoms with Crippen LogP contribution >= 0.6 is 0 Å². The second-order valence-corrected chi connectivity index (χ2v) is 5.04. The molecule has 0 saturated heterocycles. The molecule has 21 heavy (non-hydrogen) atoms. The topological polar surface area (TPSA) is 111 Å². The Kier molecular flexibility index (Phi) is 5.95. The molecule has 9 heteroatoms. The molecule has 1 aromatic rings. The van der Waals surface area contributed by atoms with Crippen molar-refractivity contribution in [3.8, 4) is 11.8 Å². The number of carbonyl (C=O) groups is 1. The minimum Gasteiger partial charge on any atom is -0.449 e. The summed E-state index contributed by atoms with van der Waals surface area (Å²) >= 11 is 0. The van der Waals surface area contributed by atoms with E-state index in [-0.39, 0.29) is 24.4 Å². The van der Waals surface area contributed by atoms with E-state index in [2.05, 4.69) is 16.6 Å². The quantitative estimate of drug-likeness (QED) is 0.702. The maximum absolute atomic E-state index is 13.4. The third-order valence-electron chi connectivity index (χ3n) is 2.04. The Morgan fingerprint density at radius 2 is 2.19 bits per heavy atom. The summed E-state index contributed by atoms with van der Waals surface area (Å²) < 4.78 is 44.8. The number of halogens is 1. The second kappa shape index (κ2) is 7.47. The summed E-state index contributed by atoms with van der Waals surface area (Å²) in [5.74, 6) is 4.30. The molecule has 0 spiro atoms. The van der Waals surface area contributed by atoms with Crippen LogP contribution < -0.4 is 15.2 Å².